The third-order valence-corrected chi connectivity index (χ3v) is 4.89. The maximum absolute atomic E-state index is 10.7. The molecule has 1 fully saturated rings. The molecule has 1 aliphatic rings. The minimum atomic E-state index is -0.760. The van der Waals surface area contributed by atoms with Crippen LogP contribution in [-0.2, 0) is 6.42 Å². The molecule has 1 saturated carbocycles. The quantitative estimate of drug-likeness (QED) is 0.663. The normalized spacial score (nSPS) is 15.2. The van der Waals surface area contributed by atoms with Gasteiger partial charge in [-0.05, 0) is 55.9 Å². The van der Waals surface area contributed by atoms with Crippen LogP contribution < -0.4 is 9.47 Å². The van der Waals surface area contributed by atoms with E-state index in [2.05, 4.69) is 4.98 Å². The summed E-state index contributed by atoms with van der Waals surface area (Å²) >= 11 is 12.3. The summed E-state index contributed by atoms with van der Waals surface area (Å²) in [7, 11) is 0. The Balaban J connectivity index is 1.80. The summed E-state index contributed by atoms with van der Waals surface area (Å²) in [6.07, 6.45) is 5.06. The van der Waals surface area contributed by atoms with Crippen molar-refractivity contribution in [1.82, 2.24) is 4.98 Å². The van der Waals surface area contributed by atoms with Crippen LogP contribution in [-0.4, -0.2) is 22.8 Å². The summed E-state index contributed by atoms with van der Waals surface area (Å²) in [4.78, 5) is 3.94. The maximum atomic E-state index is 10.7. The van der Waals surface area contributed by atoms with Crippen LogP contribution in [0, 0.1) is 5.92 Å². The number of hydrogen-bond donors (Lipinski definition) is 1. The Morgan fingerprint density at radius 2 is 1.85 bits per heavy atom. The lowest BCUT2D eigenvalue weighted by atomic mass is 10.0. The van der Waals surface area contributed by atoms with E-state index >= 15 is 0 Å². The lowest BCUT2D eigenvalue weighted by molar-refractivity contribution is 0.176. The number of halogens is 2. The molecule has 1 aliphatic carbocycles. The molecule has 1 atom stereocenters. The van der Waals surface area contributed by atoms with Crippen molar-refractivity contribution in [2.45, 2.75) is 45.3 Å². The van der Waals surface area contributed by atoms with Gasteiger partial charge in [0, 0.05) is 18.8 Å². The fourth-order valence-corrected chi connectivity index (χ4v) is 3.15. The number of benzene rings is 1. The van der Waals surface area contributed by atoms with Crippen LogP contribution in [0.15, 0.2) is 30.6 Å². The van der Waals surface area contributed by atoms with Gasteiger partial charge in [0.25, 0.3) is 0 Å². The number of aliphatic hydroxyl groups is 1. The van der Waals surface area contributed by atoms with Gasteiger partial charge in [-0.25, -0.2) is 0 Å². The average molecular weight is 396 g/mol. The molecule has 3 rings (SSSR count). The second kappa shape index (κ2) is 8.47. The molecule has 0 aliphatic heterocycles. The first-order chi connectivity index (χ1) is 12.4. The number of hydrogen-bond acceptors (Lipinski definition) is 4. The zero-order valence-corrected chi connectivity index (χ0v) is 16.4. The van der Waals surface area contributed by atoms with Gasteiger partial charge in [0.1, 0.15) is 0 Å². The fraction of sp³-hybridized carbons (Fsp3) is 0.450. The van der Waals surface area contributed by atoms with Crippen molar-refractivity contribution in [1.29, 1.82) is 0 Å². The molecule has 1 aromatic heterocycles. The van der Waals surface area contributed by atoms with Gasteiger partial charge in [0.05, 0.1) is 28.9 Å². The molecule has 4 nitrogen and oxygen atoms in total. The number of aromatic nitrogens is 1. The van der Waals surface area contributed by atoms with Crippen LogP contribution >= 0.6 is 23.2 Å². The summed E-state index contributed by atoms with van der Waals surface area (Å²) in [5.41, 5.74) is 1.41. The molecule has 0 bridgehead atoms. The maximum Gasteiger partial charge on any atom is 0.161 e. The molecular formula is C20H23Cl2NO3. The first-order valence-electron chi connectivity index (χ1n) is 8.83. The van der Waals surface area contributed by atoms with Gasteiger partial charge in [0.15, 0.2) is 11.5 Å². The Kier molecular flexibility index (Phi) is 6.28. The third-order valence-electron chi connectivity index (χ3n) is 4.24. The molecule has 0 amide bonds. The van der Waals surface area contributed by atoms with Crippen molar-refractivity contribution < 1.29 is 14.6 Å². The molecular weight excluding hydrogens is 373 g/mol. The minimum absolute atomic E-state index is 0.0449. The Bertz CT molecular complexity index is 742. The number of pyridine rings is 1. The van der Waals surface area contributed by atoms with Gasteiger partial charge in [-0.2, -0.15) is 0 Å². The van der Waals surface area contributed by atoms with Gasteiger partial charge in [0.2, 0.25) is 0 Å². The van der Waals surface area contributed by atoms with Gasteiger partial charge in [-0.15, -0.1) is 0 Å². The van der Waals surface area contributed by atoms with Crippen LogP contribution in [0.5, 0.6) is 11.5 Å². The van der Waals surface area contributed by atoms with Crippen LogP contribution in [0.3, 0.4) is 0 Å². The third kappa shape index (κ3) is 5.03. The highest BCUT2D eigenvalue weighted by Gasteiger charge is 2.23. The predicted octanol–water partition coefficient (Wildman–Crippen LogP) is 5.24. The smallest absolute Gasteiger partial charge is 0.161 e. The molecule has 0 radical (unpaired) electrons. The molecule has 1 aromatic carbocycles. The molecule has 0 spiro atoms. The van der Waals surface area contributed by atoms with E-state index < -0.39 is 6.10 Å². The molecule has 1 N–H and O–H groups in total. The second-order valence-corrected chi connectivity index (χ2v) is 7.74. The van der Waals surface area contributed by atoms with E-state index in [0.717, 1.165) is 5.56 Å². The Morgan fingerprint density at radius 1 is 1.15 bits per heavy atom. The van der Waals surface area contributed by atoms with E-state index in [-0.39, 0.29) is 6.10 Å². The van der Waals surface area contributed by atoms with E-state index in [4.69, 9.17) is 32.7 Å². The Morgan fingerprint density at radius 3 is 2.46 bits per heavy atom. The summed E-state index contributed by atoms with van der Waals surface area (Å²) in [5.74, 6) is 1.98. The summed E-state index contributed by atoms with van der Waals surface area (Å²) in [5, 5.41) is 11.6. The lowest BCUT2D eigenvalue weighted by Crippen LogP contribution is -2.10. The molecule has 6 heteroatoms. The van der Waals surface area contributed by atoms with E-state index in [1.807, 2.05) is 32.0 Å². The SMILES string of the molecule is CC(C)Oc1ccc(C(O)Cc2c(Cl)cncc2Cl)cc1OCC1CC1. The zero-order valence-electron chi connectivity index (χ0n) is 14.9. The number of nitrogens with zero attached hydrogens (tertiary/aromatic N) is 1. The molecule has 26 heavy (non-hydrogen) atoms. The Labute approximate surface area is 164 Å². The van der Waals surface area contributed by atoms with E-state index in [1.54, 1.807) is 0 Å². The van der Waals surface area contributed by atoms with E-state index in [0.29, 0.717) is 46.1 Å². The highest BCUT2D eigenvalue weighted by atomic mass is 35.5. The molecule has 1 heterocycles. The number of ether oxygens (including phenoxy) is 2. The second-order valence-electron chi connectivity index (χ2n) is 6.93. The summed E-state index contributed by atoms with van der Waals surface area (Å²) in [6.45, 7) is 4.62. The summed E-state index contributed by atoms with van der Waals surface area (Å²) < 4.78 is 11.8. The van der Waals surface area contributed by atoms with Gasteiger partial charge in [-0.1, -0.05) is 29.3 Å². The average Bonchev–Trinajstić information content (AvgIpc) is 3.41. The summed E-state index contributed by atoms with van der Waals surface area (Å²) in [6, 6.07) is 5.53. The molecule has 2 aromatic rings. The molecule has 1 unspecified atom stereocenters. The number of aliphatic hydroxyl groups excluding tert-OH is 1. The van der Waals surface area contributed by atoms with Crippen molar-refractivity contribution in [3.05, 3.63) is 51.8 Å². The van der Waals surface area contributed by atoms with Crippen molar-refractivity contribution in [3.8, 4) is 11.5 Å². The topological polar surface area (TPSA) is 51.6 Å². The monoisotopic (exact) mass is 395 g/mol. The highest BCUT2D eigenvalue weighted by Crippen LogP contribution is 2.36. The standard InChI is InChI=1S/C20H23Cl2NO3/c1-12(2)26-19-6-5-14(7-20(19)25-11-13-3-4-13)18(24)8-15-16(21)9-23-10-17(15)22/h5-7,9-10,12-13,18,24H,3-4,8,11H2,1-2H3. The first-order valence-corrected chi connectivity index (χ1v) is 9.59. The minimum Gasteiger partial charge on any atom is -0.489 e. The zero-order chi connectivity index (χ0) is 18.7. The largest absolute Gasteiger partial charge is 0.489 e. The van der Waals surface area contributed by atoms with Crippen molar-refractivity contribution in [2.75, 3.05) is 6.61 Å². The first kappa shape index (κ1) is 19.3. The van der Waals surface area contributed by atoms with Crippen molar-refractivity contribution >= 4 is 23.2 Å². The van der Waals surface area contributed by atoms with E-state index in [1.165, 1.54) is 25.2 Å². The van der Waals surface area contributed by atoms with Gasteiger partial charge < -0.3 is 14.6 Å². The molecule has 0 saturated heterocycles. The highest BCUT2D eigenvalue weighted by molar-refractivity contribution is 6.35. The van der Waals surface area contributed by atoms with Crippen molar-refractivity contribution in [3.63, 3.8) is 0 Å². The molecule has 140 valence electrons. The predicted molar refractivity (Wildman–Crippen MR) is 103 cm³/mol. The van der Waals surface area contributed by atoms with Crippen LogP contribution in [0.1, 0.15) is 43.9 Å². The van der Waals surface area contributed by atoms with E-state index in [9.17, 15) is 5.11 Å². The van der Waals surface area contributed by atoms with Gasteiger partial charge >= 0.3 is 0 Å². The van der Waals surface area contributed by atoms with Crippen molar-refractivity contribution in [2.24, 2.45) is 5.92 Å². The Hall–Kier alpha value is -1.49. The van der Waals surface area contributed by atoms with Crippen LogP contribution in [0.2, 0.25) is 10.0 Å². The van der Waals surface area contributed by atoms with Gasteiger partial charge in [-0.3, -0.25) is 4.98 Å². The number of rotatable bonds is 8. The fourth-order valence-electron chi connectivity index (χ4n) is 2.63. The lowest BCUT2D eigenvalue weighted by Gasteiger charge is -2.18. The van der Waals surface area contributed by atoms with Crippen LogP contribution in [0.4, 0.5) is 0 Å². The van der Waals surface area contributed by atoms with Crippen LogP contribution in [0.25, 0.3) is 0 Å².